The van der Waals surface area contributed by atoms with Crippen LogP contribution in [0.3, 0.4) is 0 Å². The second kappa shape index (κ2) is 9.36. The second-order valence-electron chi connectivity index (χ2n) is 5.24. The van der Waals surface area contributed by atoms with E-state index in [9.17, 15) is 4.79 Å². The lowest BCUT2D eigenvalue weighted by Crippen LogP contribution is -2.22. The summed E-state index contributed by atoms with van der Waals surface area (Å²) >= 11 is 0. The molecule has 0 aliphatic carbocycles. The number of aromatic nitrogens is 2. The van der Waals surface area contributed by atoms with Crippen LogP contribution in [0.5, 0.6) is 17.2 Å². The van der Waals surface area contributed by atoms with Crippen LogP contribution in [-0.2, 0) is 11.3 Å². The van der Waals surface area contributed by atoms with Crippen molar-refractivity contribution in [3.63, 3.8) is 0 Å². The number of ether oxygens (including phenoxy) is 3. The van der Waals surface area contributed by atoms with Crippen molar-refractivity contribution in [2.75, 3.05) is 27.9 Å². The molecule has 25 heavy (non-hydrogen) atoms. The maximum absolute atomic E-state index is 11.9. The third-order valence-electron chi connectivity index (χ3n) is 3.57. The maximum Gasteiger partial charge on any atom is 0.244 e. The summed E-state index contributed by atoms with van der Waals surface area (Å²) in [5.74, 6) is 1.45. The van der Waals surface area contributed by atoms with E-state index in [0.29, 0.717) is 23.8 Å². The van der Waals surface area contributed by atoms with Gasteiger partial charge in [-0.25, -0.2) is 4.98 Å². The molecule has 7 heteroatoms. The van der Waals surface area contributed by atoms with Gasteiger partial charge in [0.2, 0.25) is 11.7 Å². The average Bonchev–Trinajstić information content (AvgIpc) is 3.15. The second-order valence-corrected chi connectivity index (χ2v) is 5.24. The van der Waals surface area contributed by atoms with Crippen molar-refractivity contribution in [2.24, 2.45) is 0 Å². The van der Waals surface area contributed by atoms with Crippen LogP contribution in [0.2, 0.25) is 0 Å². The normalized spacial score (nSPS) is 10.7. The van der Waals surface area contributed by atoms with E-state index in [1.807, 2.05) is 10.8 Å². The van der Waals surface area contributed by atoms with Crippen LogP contribution in [0.25, 0.3) is 6.08 Å². The summed E-state index contributed by atoms with van der Waals surface area (Å²) in [4.78, 5) is 15.9. The topological polar surface area (TPSA) is 74.6 Å². The van der Waals surface area contributed by atoms with E-state index >= 15 is 0 Å². The van der Waals surface area contributed by atoms with E-state index in [0.717, 1.165) is 18.5 Å². The first-order valence-electron chi connectivity index (χ1n) is 7.89. The lowest BCUT2D eigenvalue weighted by molar-refractivity contribution is -0.116. The SMILES string of the molecule is COc1cc(/C=C/C(=O)NCCCn2ccnc2)cc(OC)c1OC. The molecule has 7 nitrogen and oxygen atoms in total. The van der Waals surface area contributed by atoms with Gasteiger partial charge in [0.05, 0.1) is 27.7 Å². The molecule has 0 saturated carbocycles. The fraction of sp³-hybridized carbons (Fsp3) is 0.333. The Labute approximate surface area is 147 Å². The molecule has 0 aliphatic rings. The van der Waals surface area contributed by atoms with E-state index in [1.54, 1.807) is 52.1 Å². The number of carbonyl (C=O) groups excluding carboxylic acids is 1. The first-order chi connectivity index (χ1) is 12.2. The zero-order chi connectivity index (χ0) is 18.1. The Morgan fingerprint density at radius 2 is 1.92 bits per heavy atom. The van der Waals surface area contributed by atoms with Crippen molar-refractivity contribution in [3.8, 4) is 17.2 Å². The van der Waals surface area contributed by atoms with Gasteiger partial charge >= 0.3 is 0 Å². The molecule has 2 aromatic rings. The number of rotatable bonds is 9. The van der Waals surface area contributed by atoms with Gasteiger partial charge in [-0.1, -0.05) is 0 Å². The molecule has 1 heterocycles. The maximum atomic E-state index is 11.9. The first kappa shape index (κ1) is 18.4. The lowest BCUT2D eigenvalue weighted by Gasteiger charge is -2.12. The summed E-state index contributed by atoms with van der Waals surface area (Å²) in [6.45, 7) is 1.41. The van der Waals surface area contributed by atoms with Gasteiger partial charge < -0.3 is 24.1 Å². The van der Waals surface area contributed by atoms with Crippen molar-refractivity contribution in [1.29, 1.82) is 0 Å². The fourth-order valence-electron chi connectivity index (χ4n) is 2.32. The van der Waals surface area contributed by atoms with Crippen molar-refractivity contribution in [1.82, 2.24) is 14.9 Å². The van der Waals surface area contributed by atoms with Crippen LogP contribution < -0.4 is 19.5 Å². The molecule has 0 bridgehead atoms. The van der Waals surface area contributed by atoms with E-state index in [-0.39, 0.29) is 5.91 Å². The molecule has 1 N–H and O–H groups in total. The number of nitrogens with zero attached hydrogens (tertiary/aromatic N) is 2. The Balaban J connectivity index is 1.90. The molecular weight excluding hydrogens is 322 g/mol. The highest BCUT2D eigenvalue weighted by molar-refractivity contribution is 5.91. The van der Waals surface area contributed by atoms with Gasteiger partial charge in [0.15, 0.2) is 11.5 Å². The number of hydrogen-bond acceptors (Lipinski definition) is 5. The minimum absolute atomic E-state index is 0.153. The van der Waals surface area contributed by atoms with Crippen LogP contribution in [-0.4, -0.2) is 43.3 Å². The first-order valence-corrected chi connectivity index (χ1v) is 7.89. The lowest BCUT2D eigenvalue weighted by atomic mass is 10.1. The summed E-state index contributed by atoms with van der Waals surface area (Å²) in [7, 11) is 4.66. The largest absolute Gasteiger partial charge is 0.493 e. The van der Waals surface area contributed by atoms with E-state index in [4.69, 9.17) is 14.2 Å². The van der Waals surface area contributed by atoms with Crippen LogP contribution in [0, 0.1) is 0 Å². The zero-order valence-electron chi connectivity index (χ0n) is 14.7. The molecule has 2 rings (SSSR count). The number of carbonyl (C=O) groups is 1. The number of methoxy groups -OCH3 is 3. The minimum Gasteiger partial charge on any atom is -0.493 e. The summed E-state index contributed by atoms with van der Waals surface area (Å²) in [6.07, 6.45) is 9.41. The third-order valence-corrected chi connectivity index (χ3v) is 3.57. The van der Waals surface area contributed by atoms with E-state index in [2.05, 4.69) is 10.3 Å². The highest BCUT2D eigenvalue weighted by atomic mass is 16.5. The highest BCUT2D eigenvalue weighted by Crippen LogP contribution is 2.38. The molecule has 0 fully saturated rings. The van der Waals surface area contributed by atoms with Gasteiger partial charge in [0, 0.05) is 31.6 Å². The molecule has 0 spiro atoms. The minimum atomic E-state index is -0.153. The van der Waals surface area contributed by atoms with Gasteiger partial charge in [0.1, 0.15) is 0 Å². The molecular formula is C18H23N3O4. The van der Waals surface area contributed by atoms with Crippen molar-refractivity contribution in [3.05, 3.63) is 42.5 Å². The Bertz CT molecular complexity index is 686. The summed E-state index contributed by atoms with van der Waals surface area (Å²) in [6, 6.07) is 3.56. The number of benzene rings is 1. The van der Waals surface area contributed by atoms with Gasteiger partial charge in [-0.15, -0.1) is 0 Å². The number of amides is 1. The summed E-state index contributed by atoms with van der Waals surface area (Å²) in [5, 5.41) is 2.85. The van der Waals surface area contributed by atoms with Crippen LogP contribution in [0.15, 0.2) is 36.9 Å². The predicted octanol–water partition coefficient (Wildman–Crippen LogP) is 2.13. The zero-order valence-corrected chi connectivity index (χ0v) is 14.7. The molecule has 134 valence electrons. The fourth-order valence-corrected chi connectivity index (χ4v) is 2.32. The third kappa shape index (κ3) is 5.27. The number of nitrogens with one attached hydrogen (secondary N) is 1. The van der Waals surface area contributed by atoms with E-state index < -0.39 is 0 Å². The number of aryl methyl sites for hydroxylation is 1. The Morgan fingerprint density at radius 3 is 2.48 bits per heavy atom. The molecule has 0 unspecified atom stereocenters. The molecule has 0 aliphatic heterocycles. The Hall–Kier alpha value is -2.96. The Morgan fingerprint density at radius 1 is 1.20 bits per heavy atom. The van der Waals surface area contributed by atoms with Gasteiger partial charge in [0.25, 0.3) is 0 Å². The predicted molar refractivity (Wildman–Crippen MR) is 95.0 cm³/mol. The van der Waals surface area contributed by atoms with Crippen LogP contribution in [0.1, 0.15) is 12.0 Å². The van der Waals surface area contributed by atoms with Gasteiger partial charge in [-0.3, -0.25) is 4.79 Å². The standard InChI is InChI=1S/C18H23N3O4/c1-23-15-11-14(12-16(24-2)18(15)25-3)5-6-17(22)20-7-4-9-21-10-8-19-13-21/h5-6,8,10-13H,4,7,9H2,1-3H3,(H,20,22)/b6-5+. The molecule has 1 aromatic carbocycles. The number of imidazole rings is 1. The van der Waals surface area contributed by atoms with Gasteiger partial charge in [-0.05, 0) is 30.2 Å². The Kier molecular flexibility index (Phi) is 6.88. The average molecular weight is 345 g/mol. The van der Waals surface area contributed by atoms with E-state index in [1.165, 1.54) is 6.08 Å². The molecule has 0 radical (unpaired) electrons. The molecule has 0 saturated heterocycles. The number of hydrogen-bond donors (Lipinski definition) is 1. The van der Waals surface area contributed by atoms with Crippen molar-refractivity contribution >= 4 is 12.0 Å². The van der Waals surface area contributed by atoms with Crippen molar-refractivity contribution < 1.29 is 19.0 Å². The van der Waals surface area contributed by atoms with Crippen LogP contribution >= 0.6 is 0 Å². The molecule has 0 atom stereocenters. The quantitative estimate of drug-likeness (QED) is 0.557. The smallest absolute Gasteiger partial charge is 0.244 e. The highest BCUT2D eigenvalue weighted by Gasteiger charge is 2.12. The summed E-state index contributed by atoms with van der Waals surface area (Å²) in [5.41, 5.74) is 0.781. The molecule has 1 amide bonds. The van der Waals surface area contributed by atoms with Gasteiger partial charge in [-0.2, -0.15) is 0 Å². The van der Waals surface area contributed by atoms with Crippen molar-refractivity contribution in [2.45, 2.75) is 13.0 Å². The summed E-state index contributed by atoms with van der Waals surface area (Å²) < 4.78 is 17.8. The molecule has 1 aromatic heterocycles. The monoisotopic (exact) mass is 345 g/mol. The van der Waals surface area contributed by atoms with Crippen LogP contribution in [0.4, 0.5) is 0 Å².